The van der Waals surface area contributed by atoms with Crippen molar-refractivity contribution < 1.29 is 9.13 Å². The lowest BCUT2D eigenvalue weighted by Gasteiger charge is -2.11. The molecule has 0 spiro atoms. The third-order valence-corrected chi connectivity index (χ3v) is 5.55. The summed E-state index contributed by atoms with van der Waals surface area (Å²) in [6.45, 7) is 0.191. The largest absolute Gasteiger partial charge is 0.486 e. The van der Waals surface area contributed by atoms with E-state index in [4.69, 9.17) is 16.3 Å². The molecular formula is C18H12ClFN4OS2. The second-order valence-electron chi connectivity index (χ2n) is 5.43. The minimum atomic E-state index is -0.442. The highest BCUT2D eigenvalue weighted by Crippen LogP contribution is 2.34. The van der Waals surface area contributed by atoms with Crippen LogP contribution in [0.2, 0.25) is 5.02 Å². The molecule has 2 heterocycles. The van der Waals surface area contributed by atoms with Crippen molar-refractivity contribution in [2.75, 3.05) is 4.72 Å². The van der Waals surface area contributed by atoms with Crippen LogP contribution in [0.3, 0.4) is 0 Å². The Morgan fingerprint density at radius 2 is 2.07 bits per heavy atom. The van der Waals surface area contributed by atoms with E-state index >= 15 is 0 Å². The van der Waals surface area contributed by atoms with Gasteiger partial charge in [-0.15, -0.1) is 0 Å². The predicted molar refractivity (Wildman–Crippen MR) is 107 cm³/mol. The van der Waals surface area contributed by atoms with Gasteiger partial charge in [0.15, 0.2) is 0 Å². The minimum absolute atomic E-state index is 0.191. The zero-order valence-electron chi connectivity index (χ0n) is 13.7. The lowest BCUT2D eigenvalue weighted by atomic mass is 10.1. The van der Waals surface area contributed by atoms with Crippen LogP contribution >= 0.6 is 35.1 Å². The van der Waals surface area contributed by atoms with Crippen molar-refractivity contribution >= 4 is 51.0 Å². The zero-order valence-corrected chi connectivity index (χ0v) is 16.1. The normalized spacial score (nSPS) is 10.9. The van der Waals surface area contributed by atoms with Gasteiger partial charge >= 0.3 is 0 Å². The number of benzene rings is 2. The van der Waals surface area contributed by atoms with Crippen molar-refractivity contribution in [2.24, 2.45) is 0 Å². The maximum absolute atomic E-state index is 14.4. The quantitative estimate of drug-likeness (QED) is 0.412. The molecule has 0 atom stereocenters. The van der Waals surface area contributed by atoms with E-state index in [2.05, 4.69) is 19.1 Å². The fraction of sp³-hybridized carbons (Fsp3) is 0.0556. The topological polar surface area (TPSA) is 59.9 Å². The van der Waals surface area contributed by atoms with Gasteiger partial charge in [-0.1, -0.05) is 35.9 Å². The first-order valence-electron chi connectivity index (χ1n) is 7.85. The number of rotatable bonds is 6. The predicted octanol–water partition coefficient (Wildman–Crippen LogP) is 5.58. The standard InChI is InChI=1S/C18H12ClFN4OS2/c19-13-7-17(26-24-18-22-10-23-27-18)14(20)8-16(13)25-9-15-12-4-2-1-3-11(12)5-6-21-15/h1-8,10H,9H2,(H,22,23,24). The summed E-state index contributed by atoms with van der Waals surface area (Å²) in [5, 5.41) is 2.96. The van der Waals surface area contributed by atoms with Gasteiger partial charge in [-0.25, -0.2) is 9.37 Å². The Hall–Kier alpha value is -2.42. The average molecular weight is 419 g/mol. The molecule has 0 saturated heterocycles. The lowest BCUT2D eigenvalue weighted by Crippen LogP contribution is -2.00. The van der Waals surface area contributed by atoms with Crippen LogP contribution in [0, 0.1) is 5.82 Å². The number of ether oxygens (including phenoxy) is 1. The number of nitrogens with zero attached hydrogens (tertiary/aromatic N) is 3. The molecular weight excluding hydrogens is 407 g/mol. The molecule has 136 valence electrons. The summed E-state index contributed by atoms with van der Waals surface area (Å²) in [5.41, 5.74) is 0.765. The van der Waals surface area contributed by atoms with Crippen LogP contribution in [-0.2, 0) is 6.61 Å². The molecule has 4 aromatic rings. The van der Waals surface area contributed by atoms with Gasteiger partial charge < -0.3 is 9.46 Å². The van der Waals surface area contributed by atoms with Crippen LogP contribution < -0.4 is 9.46 Å². The monoisotopic (exact) mass is 418 g/mol. The number of anilines is 1. The van der Waals surface area contributed by atoms with Gasteiger partial charge in [0.2, 0.25) is 5.13 Å². The minimum Gasteiger partial charge on any atom is -0.486 e. The number of pyridine rings is 1. The van der Waals surface area contributed by atoms with E-state index in [1.165, 1.54) is 30.0 Å². The van der Waals surface area contributed by atoms with Crippen LogP contribution in [0.15, 0.2) is 59.9 Å². The van der Waals surface area contributed by atoms with Crippen molar-refractivity contribution in [2.45, 2.75) is 11.5 Å². The van der Waals surface area contributed by atoms with Gasteiger partial charge in [0.1, 0.15) is 24.5 Å². The highest BCUT2D eigenvalue weighted by molar-refractivity contribution is 8.00. The van der Waals surface area contributed by atoms with Gasteiger partial charge in [0, 0.05) is 29.2 Å². The number of aromatic nitrogens is 3. The molecule has 0 bridgehead atoms. The summed E-state index contributed by atoms with van der Waals surface area (Å²) in [6, 6.07) is 12.6. The Bertz CT molecular complexity index is 1070. The Kier molecular flexibility index (Phi) is 5.38. The molecule has 9 heteroatoms. The van der Waals surface area contributed by atoms with E-state index in [0.29, 0.717) is 15.0 Å². The van der Waals surface area contributed by atoms with Crippen molar-refractivity contribution in [1.82, 2.24) is 14.3 Å². The van der Waals surface area contributed by atoms with Crippen LogP contribution in [0.5, 0.6) is 5.75 Å². The van der Waals surface area contributed by atoms with Crippen molar-refractivity contribution in [3.8, 4) is 5.75 Å². The molecule has 5 nitrogen and oxygen atoms in total. The van der Waals surface area contributed by atoms with E-state index in [0.717, 1.165) is 28.4 Å². The number of hydrogen-bond donors (Lipinski definition) is 1. The van der Waals surface area contributed by atoms with Crippen molar-refractivity contribution in [3.05, 3.63) is 71.5 Å². The Morgan fingerprint density at radius 3 is 2.93 bits per heavy atom. The van der Waals surface area contributed by atoms with Crippen molar-refractivity contribution in [3.63, 3.8) is 0 Å². The summed E-state index contributed by atoms with van der Waals surface area (Å²) in [6.07, 6.45) is 3.15. The number of fused-ring (bicyclic) bond motifs is 1. The molecule has 2 aromatic heterocycles. The number of halogens is 2. The molecule has 0 aliphatic carbocycles. The van der Waals surface area contributed by atoms with Gasteiger partial charge in [0.25, 0.3) is 0 Å². The molecule has 0 amide bonds. The molecule has 0 fully saturated rings. The van der Waals surface area contributed by atoms with E-state index in [-0.39, 0.29) is 12.4 Å². The van der Waals surface area contributed by atoms with Gasteiger partial charge in [-0.3, -0.25) is 4.98 Å². The summed E-state index contributed by atoms with van der Waals surface area (Å²) in [5.74, 6) is -0.175. The zero-order chi connectivity index (χ0) is 18.6. The maximum atomic E-state index is 14.4. The fourth-order valence-electron chi connectivity index (χ4n) is 2.46. The van der Waals surface area contributed by atoms with E-state index in [1.807, 2.05) is 30.3 Å². The van der Waals surface area contributed by atoms with Crippen molar-refractivity contribution in [1.29, 1.82) is 0 Å². The summed E-state index contributed by atoms with van der Waals surface area (Å²) >= 11 is 8.52. The SMILES string of the molecule is Fc1cc(OCc2nccc3ccccc23)c(Cl)cc1SNc1ncns1. The Balaban J connectivity index is 1.49. The smallest absolute Gasteiger partial charge is 0.212 e. The average Bonchev–Trinajstić information content (AvgIpc) is 3.21. The molecule has 0 aliphatic rings. The first-order chi connectivity index (χ1) is 13.2. The summed E-state index contributed by atoms with van der Waals surface area (Å²) < 4.78 is 26.9. The summed E-state index contributed by atoms with van der Waals surface area (Å²) in [7, 11) is 0. The molecule has 2 aromatic carbocycles. The number of hydrogen-bond acceptors (Lipinski definition) is 7. The third kappa shape index (κ3) is 4.13. The van der Waals surface area contributed by atoms with E-state index < -0.39 is 5.82 Å². The van der Waals surface area contributed by atoms with Gasteiger partial charge in [0.05, 0.1) is 15.6 Å². The van der Waals surface area contributed by atoms with E-state index in [9.17, 15) is 4.39 Å². The third-order valence-electron chi connectivity index (χ3n) is 3.72. The van der Waals surface area contributed by atoms with Crippen LogP contribution in [-0.4, -0.2) is 14.3 Å². The van der Waals surface area contributed by atoms with Crippen LogP contribution in [0.25, 0.3) is 10.8 Å². The first-order valence-corrected chi connectivity index (χ1v) is 9.81. The Morgan fingerprint density at radius 1 is 1.19 bits per heavy atom. The molecule has 0 unspecified atom stereocenters. The van der Waals surface area contributed by atoms with Crippen LogP contribution in [0.4, 0.5) is 9.52 Å². The second-order valence-corrected chi connectivity index (χ2v) is 7.47. The lowest BCUT2D eigenvalue weighted by molar-refractivity contribution is 0.301. The molecule has 0 aliphatic heterocycles. The maximum Gasteiger partial charge on any atom is 0.212 e. The molecule has 0 saturated carbocycles. The van der Waals surface area contributed by atoms with E-state index in [1.54, 1.807) is 6.20 Å². The Labute approximate surface area is 167 Å². The molecule has 27 heavy (non-hydrogen) atoms. The summed E-state index contributed by atoms with van der Waals surface area (Å²) in [4.78, 5) is 8.68. The molecule has 1 N–H and O–H groups in total. The number of nitrogens with one attached hydrogen (secondary N) is 1. The second kappa shape index (κ2) is 8.08. The van der Waals surface area contributed by atoms with Crippen LogP contribution in [0.1, 0.15) is 5.69 Å². The van der Waals surface area contributed by atoms with Gasteiger partial charge in [-0.05, 0) is 29.5 Å². The molecule has 0 radical (unpaired) electrons. The highest BCUT2D eigenvalue weighted by Gasteiger charge is 2.12. The molecule has 4 rings (SSSR count). The first kappa shape index (κ1) is 18.0. The van der Waals surface area contributed by atoms with Gasteiger partial charge in [-0.2, -0.15) is 4.37 Å². The highest BCUT2D eigenvalue weighted by atomic mass is 35.5. The fourth-order valence-corrected chi connectivity index (χ4v) is 3.89.